The van der Waals surface area contributed by atoms with Gasteiger partial charge in [-0.25, -0.2) is 0 Å². The minimum atomic E-state index is -0.115. The van der Waals surface area contributed by atoms with E-state index in [-0.39, 0.29) is 18.4 Å². The highest BCUT2D eigenvalue weighted by Crippen LogP contribution is 2.20. The second-order valence-corrected chi connectivity index (χ2v) is 4.24. The minimum absolute atomic E-state index is 0. The first-order chi connectivity index (χ1) is 7.27. The Hall–Kier alpha value is -0.900. The van der Waals surface area contributed by atoms with Gasteiger partial charge in [-0.1, -0.05) is 30.3 Å². The van der Waals surface area contributed by atoms with Gasteiger partial charge in [0.1, 0.15) is 0 Å². The highest BCUT2D eigenvalue weighted by atomic mass is 79.9. The van der Waals surface area contributed by atoms with Crippen molar-refractivity contribution < 1.29 is 0 Å². The van der Waals surface area contributed by atoms with E-state index < -0.39 is 0 Å². The van der Waals surface area contributed by atoms with Crippen molar-refractivity contribution in [2.24, 2.45) is 5.73 Å². The number of hydrogen-bond donors (Lipinski definition) is 1. The molecular formula is C12H12BrClN2. The Morgan fingerprint density at radius 3 is 2.38 bits per heavy atom. The van der Waals surface area contributed by atoms with Crippen LogP contribution in [0.1, 0.15) is 17.2 Å². The first-order valence-electron chi connectivity index (χ1n) is 4.68. The SMILES string of the molecule is Cl.NC(c1ccccc1)c1cncc(Br)c1. The maximum atomic E-state index is 6.12. The van der Waals surface area contributed by atoms with Crippen LogP contribution in [0.15, 0.2) is 53.3 Å². The van der Waals surface area contributed by atoms with E-state index in [2.05, 4.69) is 20.9 Å². The van der Waals surface area contributed by atoms with E-state index in [1.807, 2.05) is 36.4 Å². The number of nitrogens with zero attached hydrogens (tertiary/aromatic N) is 1. The number of aromatic nitrogens is 1. The Labute approximate surface area is 109 Å². The van der Waals surface area contributed by atoms with E-state index in [4.69, 9.17) is 5.73 Å². The van der Waals surface area contributed by atoms with Crippen LogP contribution < -0.4 is 5.73 Å². The zero-order valence-electron chi connectivity index (χ0n) is 8.51. The van der Waals surface area contributed by atoms with Crippen LogP contribution in [0.25, 0.3) is 0 Å². The van der Waals surface area contributed by atoms with E-state index in [1.165, 1.54) is 0 Å². The zero-order chi connectivity index (χ0) is 10.7. The number of rotatable bonds is 2. The van der Waals surface area contributed by atoms with Crippen LogP contribution in [-0.4, -0.2) is 4.98 Å². The Morgan fingerprint density at radius 2 is 1.75 bits per heavy atom. The molecule has 0 spiro atoms. The fourth-order valence-corrected chi connectivity index (χ4v) is 1.83. The lowest BCUT2D eigenvalue weighted by Crippen LogP contribution is -2.11. The van der Waals surface area contributed by atoms with Crippen molar-refractivity contribution in [1.82, 2.24) is 4.98 Å². The summed E-state index contributed by atoms with van der Waals surface area (Å²) < 4.78 is 0.950. The molecule has 0 saturated carbocycles. The number of nitrogens with two attached hydrogens (primary N) is 1. The molecule has 0 saturated heterocycles. The Morgan fingerprint density at radius 1 is 1.06 bits per heavy atom. The van der Waals surface area contributed by atoms with Gasteiger partial charge in [-0.2, -0.15) is 0 Å². The van der Waals surface area contributed by atoms with Gasteiger partial charge in [-0.15, -0.1) is 12.4 Å². The van der Waals surface area contributed by atoms with Crippen molar-refractivity contribution in [3.63, 3.8) is 0 Å². The number of pyridine rings is 1. The smallest absolute Gasteiger partial charge is 0.0567 e. The highest BCUT2D eigenvalue weighted by molar-refractivity contribution is 9.10. The molecule has 2 N–H and O–H groups in total. The molecule has 0 aliphatic carbocycles. The van der Waals surface area contributed by atoms with Crippen LogP contribution in [0, 0.1) is 0 Å². The van der Waals surface area contributed by atoms with Crippen molar-refractivity contribution in [1.29, 1.82) is 0 Å². The van der Waals surface area contributed by atoms with Gasteiger partial charge in [0.2, 0.25) is 0 Å². The summed E-state index contributed by atoms with van der Waals surface area (Å²) in [5.74, 6) is 0. The third kappa shape index (κ3) is 3.04. The van der Waals surface area contributed by atoms with Crippen LogP contribution in [0.4, 0.5) is 0 Å². The van der Waals surface area contributed by atoms with Crippen LogP contribution in [0.3, 0.4) is 0 Å². The molecular weight excluding hydrogens is 288 g/mol. The molecule has 16 heavy (non-hydrogen) atoms. The standard InChI is InChI=1S/C12H11BrN2.ClH/c13-11-6-10(7-15-8-11)12(14)9-4-2-1-3-5-9;/h1-8,12H,14H2;1H. The summed E-state index contributed by atoms with van der Waals surface area (Å²) in [4.78, 5) is 4.10. The van der Waals surface area contributed by atoms with E-state index in [0.29, 0.717) is 0 Å². The molecule has 1 unspecified atom stereocenters. The number of hydrogen-bond acceptors (Lipinski definition) is 2. The molecule has 0 radical (unpaired) electrons. The summed E-state index contributed by atoms with van der Waals surface area (Å²) in [5, 5.41) is 0. The molecule has 1 aromatic carbocycles. The molecule has 0 aliphatic heterocycles. The molecule has 2 nitrogen and oxygen atoms in total. The van der Waals surface area contributed by atoms with Crippen molar-refractivity contribution in [2.75, 3.05) is 0 Å². The van der Waals surface area contributed by atoms with Gasteiger partial charge in [-0.3, -0.25) is 4.98 Å². The quantitative estimate of drug-likeness (QED) is 0.924. The van der Waals surface area contributed by atoms with Crippen LogP contribution in [-0.2, 0) is 0 Å². The molecule has 0 fully saturated rings. The molecule has 1 atom stereocenters. The lowest BCUT2D eigenvalue weighted by atomic mass is 10.0. The second kappa shape index (κ2) is 5.99. The normalized spacial score (nSPS) is 11.6. The van der Waals surface area contributed by atoms with Gasteiger partial charge < -0.3 is 5.73 Å². The average molecular weight is 300 g/mol. The molecule has 4 heteroatoms. The van der Waals surface area contributed by atoms with Crippen molar-refractivity contribution in [3.8, 4) is 0 Å². The Kier molecular flexibility index (Phi) is 4.93. The first-order valence-corrected chi connectivity index (χ1v) is 5.47. The molecule has 0 bridgehead atoms. The molecule has 1 aromatic heterocycles. The molecule has 0 amide bonds. The largest absolute Gasteiger partial charge is 0.320 e. The molecule has 1 heterocycles. The van der Waals surface area contributed by atoms with Gasteiger partial charge >= 0.3 is 0 Å². The lowest BCUT2D eigenvalue weighted by Gasteiger charge is -2.11. The van der Waals surface area contributed by atoms with E-state index in [9.17, 15) is 0 Å². The van der Waals surface area contributed by atoms with Gasteiger partial charge in [0.25, 0.3) is 0 Å². The topological polar surface area (TPSA) is 38.9 Å². The first kappa shape index (κ1) is 13.2. The lowest BCUT2D eigenvalue weighted by molar-refractivity contribution is 0.862. The predicted octanol–water partition coefficient (Wildman–Crippen LogP) is 3.31. The fourth-order valence-electron chi connectivity index (χ4n) is 1.45. The van der Waals surface area contributed by atoms with Gasteiger partial charge in [-0.05, 0) is 33.1 Å². The second-order valence-electron chi connectivity index (χ2n) is 3.32. The van der Waals surface area contributed by atoms with Gasteiger partial charge in [0.05, 0.1) is 6.04 Å². The minimum Gasteiger partial charge on any atom is -0.320 e. The van der Waals surface area contributed by atoms with Crippen LogP contribution in [0.5, 0.6) is 0 Å². The Bertz CT molecular complexity index is 448. The summed E-state index contributed by atoms with van der Waals surface area (Å²) in [5.41, 5.74) is 8.23. The maximum Gasteiger partial charge on any atom is 0.0567 e. The third-order valence-electron chi connectivity index (χ3n) is 2.24. The van der Waals surface area contributed by atoms with Gasteiger partial charge in [0, 0.05) is 16.9 Å². The third-order valence-corrected chi connectivity index (χ3v) is 2.68. The fraction of sp³-hybridized carbons (Fsp3) is 0.0833. The molecule has 0 aliphatic rings. The van der Waals surface area contributed by atoms with Crippen LogP contribution >= 0.6 is 28.3 Å². The van der Waals surface area contributed by atoms with Crippen molar-refractivity contribution in [2.45, 2.75) is 6.04 Å². The summed E-state index contributed by atoms with van der Waals surface area (Å²) >= 11 is 3.38. The van der Waals surface area contributed by atoms with E-state index >= 15 is 0 Å². The maximum absolute atomic E-state index is 6.12. The monoisotopic (exact) mass is 298 g/mol. The summed E-state index contributed by atoms with van der Waals surface area (Å²) in [7, 11) is 0. The Balaban J connectivity index is 0.00000128. The summed E-state index contributed by atoms with van der Waals surface area (Å²) in [6.45, 7) is 0. The predicted molar refractivity (Wildman–Crippen MR) is 71.7 cm³/mol. The summed E-state index contributed by atoms with van der Waals surface area (Å²) in [6.07, 6.45) is 3.55. The van der Waals surface area contributed by atoms with E-state index in [0.717, 1.165) is 15.6 Å². The summed E-state index contributed by atoms with van der Waals surface area (Å²) in [6, 6.07) is 11.9. The molecule has 84 valence electrons. The number of halogens is 2. The van der Waals surface area contributed by atoms with Crippen molar-refractivity contribution >= 4 is 28.3 Å². The van der Waals surface area contributed by atoms with E-state index in [1.54, 1.807) is 12.4 Å². The van der Waals surface area contributed by atoms with Gasteiger partial charge in [0.15, 0.2) is 0 Å². The molecule has 2 rings (SSSR count). The highest BCUT2D eigenvalue weighted by Gasteiger charge is 2.08. The number of benzene rings is 1. The molecule has 2 aromatic rings. The average Bonchev–Trinajstić information content (AvgIpc) is 2.29. The van der Waals surface area contributed by atoms with Crippen molar-refractivity contribution in [3.05, 3.63) is 64.4 Å². The zero-order valence-corrected chi connectivity index (χ0v) is 10.9. The van der Waals surface area contributed by atoms with Crippen LogP contribution in [0.2, 0.25) is 0 Å².